The molecule has 0 saturated carbocycles. The first-order valence-electron chi connectivity index (χ1n) is 5.21. The number of hydrogen-bond acceptors (Lipinski definition) is 4. The summed E-state index contributed by atoms with van der Waals surface area (Å²) in [6.07, 6.45) is 1.82. The zero-order valence-corrected chi connectivity index (χ0v) is 11.0. The van der Waals surface area contributed by atoms with Crippen LogP contribution < -0.4 is 5.32 Å². The standard InChI is InChI=1S/C12H15NO4S/c1-17-6-8-3-9(12(15)16)5-10(4-8)13-11(14)7-18-2/h3-5H,6-7H2,1-2H3,(H,13,14)(H,15,16). The molecule has 98 valence electrons. The van der Waals surface area contributed by atoms with Crippen LogP contribution in [0.5, 0.6) is 0 Å². The van der Waals surface area contributed by atoms with Crippen LogP contribution in [0.25, 0.3) is 0 Å². The van der Waals surface area contributed by atoms with Gasteiger partial charge in [-0.2, -0.15) is 11.8 Å². The molecule has 0 aliphatic rings. The fourth-order valence-corrected chi connectivity index (χ4v) is 1.80. The maximum absolute atomic E-state index is 11.5. The summed E-state index contributed by atoms with van der Waals surface area (Å²) in [5.74, 6) is -0.863. The lowest BCUT2D eigenvalue weighted by atomic mass is 10.1. The molecule has 0 radical (unpaired) electrons. The van der Waals surface area contributed by atoms with E-state index in [4.69, 9.17) is 9.84 Å². The predicted octanol–water partition coefficient (Wildman–Crippen LogP) is 1.83. The molecule has 0 aliphatic carbocycles. The quantitative estimate of drug-likeness (QED) is 0.824. The maximum Gasteiger partial charge on any atom is 0.335 e. The SMILES string of the molecule is COCc1cc(NC(=O)CSC)cc(C(=O)O)c1. The molecule has 6 heteroatoms. The molecule has 1 aromatic rings. The Morgan fingerprint density at radius 2 is 2.11 bits per heavy atom. The monoisotopic (exact) mass is 269 g/mol. The molecule has 0 aromatic heterocycles. The van der Waals surface area contributed by atoms with E-state index in [1.807, 2.05) is 6.26 Å². The Kier molecular flexibility index (Phi) is 5.67. The van der Waals surface area contributed by atoms with Crippen LogP contribution in [0.1, 0.15) is 15.9 Å². The van der Waals surface area contributed by atoms with Crippen LogP contribution in [0.4, 0.5) is 5.69 Å². The van der Waals surface area contributed by atoms with Gasteiger partial charge in [0.2, 0.25) is 5.91 Å². The van der Waals surface area contributed by atoms with E-state index in [9.17, 15) is 9.59 Å². The van der Waals surface area contributed by atoms with Crippen LogP contribution in [-0.4, -0.2) is 36.1 Å². The van der Waals surface area contributed by atoms with Gasteiger partial charge in [0.15, 0.2) is 0 Å². The minimum absolute atomic E-state index is 0.129. The molecule has 0 saturated heterocycles. The lowest BCUT2D eigenvalue weighted by Gasteiger charge is -2.08. The molecule has 5 nitrogen and oxygen atoms in total. The maximum atomic E-state index is 11.5. The molecule has 0 unspecified atom stereocenters. The van der Waals surface area contributed by atoms with Gasteiger partial charge in [0.25, 0.3) is 0 Å². The molecular weight excluding hydrogens is 254 g/mol. The Hall–Kier alpha value is -1.53. The highest BCUT2D eigenvalue weighted by Crippen LogP contribution is 2.16. The lowest BCUT2D eigenvalue weighted by Crippen LogP contribution is -2.14. The molecule has 1 amide bonds. The average molecular weight is 269 g/mol. The summed E-state index contributed by atoms with van der Waals surface area (Å²) < 4.78 is 4.96. The number of carbonyl (C=O) groups is 2. The van der Waals surface area contributed by atoms with Crippen LogP contribution in [0.2, 0.25) is 0 Å². The molecule has 0 fully saturated rings. The van der Waals surface area contributed by atoms with Gasteiger partial charge in [-0.25, -0.2) is 4.79 Å². The zero-order valence-electron chi connectivity index (χ0n) is 10.2. The van der Waals surface area contributed by atoms with Crippen molar-refractivity contribution in [2.75, 3.05) is 24.4 Å². The van der Waals surface area contributed by atoms with E-state index in [1.165, 1.54) is 31.0 Å². The third kappa shape index (κ3) is 4.38. The largest absolute Gasteiger partial charge is 0.478 e. The normalized spacial score (nSPS) is 10.1. The van der Waals surface area contributed by atoms with Crippen LogP contribution in [-0.2, 0) is 16.1 Å². The van der Waals surface area contributed by atoms with Crippen LogP contribution >= 0.6 is 11.8 Å². The number of hydrogen-bond donors (Lipinski definition) is 2. The summed E-state index contributed by atoms with van der Waals surface area (Å²) in [4.78, 5) is 22.4. The van der Waals surface area contributed by atoms with Crippen molar-refractivity contribution >= 4 is 29.3 Å². The fraction of sp³-hybridized carbons (Fsp3) is 0.333. The van der Waals surface area contributed by atoms with E-state index >= 15 is 0 Å². The summed E-state index contributed by atoms with van der Waals surface area (Å²) in [7, 11) is 1.53. The molecule has 0 aliphatic heterocycles. The molecule has 0 bridgehead atoms. The van der Waals surface area contributed by atoms with Gasteiger partial charge in [-0.15, -0.1) is 0 Å². The number of nitrogens with one attached hydrogen (secondary N) is 1. The van der Waals surface area contributed by atoms with Gasteiger partial charge in [0.1, 0.15) is 0 Å². The van der Waals surface area contributed by atoms with Gasteiger partial charge in [-0.05, 0) is 30.0 Å². The first-order valence-corrected chi connectivity index (χ1v) is 6.61. The van der Waals surface area contributed by atoms with Gasteiger partial charge in [0.05, 0.1) is 17.9 Å². The molecule has 1 aromatic carbocycles. The predicted molar refractivity (Wildman–Crippen MR) is 71.1 cm³/mol. The third-order valence-electron chi connectivity index (χ3n) is 2.11. The molecule has 0 heterocycles. The van der Waals surface area contributed by atoms with Crippen molar-refractivity contribution in [3.05, 3.63) is 29.3 Å². The van der Waals surface area contributed by atoms with Crippen molar-refractivity contribution in [1.82, 2.24) is 0 Å². The van der Waals surface area contributed by atoms with Gasteiger partial charge in [0, 0.05) is 12.8 Å². The lowest BCUT2D eigenvalue weighted by molar-refractivity contribution is -0.113. The van der Waals surface area contributed by atoms with Crippen molar-refractivity contribution in [3.8, 4) is 0 Å². The number of ether oxygens (including phenoxy) is 1. The number of carboxylic acid groups (broad SMARTS) is 1. The highest BCUT2D eigenvalue weighted by atomic mass is 32.2. The Balaban J connectivity index is 2.95. The van der Waals surface area contributed by atoms with E-state index in [1.54, 1.807) is 6.07 Å². The molecule has 2 N–H and O–H groups in total. The van der Waals surface area contributed by atoms with E-state index in [0.717, 1.165) is 0 Å². The second-order valence-electron chi connectivity index (χ2n) is 3.64. The zero-order chi connectivity index (χ0) is 13.5. The Bertz CT molecular complexity index is 448. The number of aromatic carboxylic acids is 1. The fourth-order valence-electron chi connectivity index (χ4n) is 1.47. The minimum atomic E-state index is -1.03. The molecule has 18 heavy (non-hydrogen) atoms. The number of benzene rings is 1. The van der Waals surface area contributed by atoms with Gasteiger partial charge in [-0.3, -0.25) is 4.79 Å². The number of anilines is 1. The highest BCUT2D eigenvalue weighted by Gasteiger charge is 2.09. The third-order valence-corrected chi connectivity index (χ3v) is 2.66. The number of methoxy groups -OCH3 is 1. The van der Waals surface area contributed by atoms with Crippen molar-refractivity contribution in [2.45, 2.75) is 6.61 Å². The Labute approximate surface area is 110 Å². The van der Waals surface area contributed by atoms with Crippen molar-refractivity contribution < 1.29 is 19.4 Å². The van der Waals surface area contributed by atoms with E-state index in [-0.39, 0.29) is 11.5 Å². The van der Waals surface area contributed by atoms with Crippen molar-refractivity contribution in [2.24, 2.45) is 0 Å². The summed E-state index contributed by atoms with van der Waals surface area (Å²) in [5, 5.41) is 11.6. The molecular formula is C12H15NO4S. The van der Waals surface area contributed by atoms with Crippen molar-refractivity contribution in [3.63, 3.8) is 0 Å². The highest BCUT2D eigenvalue weighted by molar-refractivity contribution is 7.99. The average Bonchev–Trinajstić information content (AvgIpc) is 2.29. The van der Waals surface area contributed by atoms with Gasteiger partial charge in [-0.1, -0.05) is 0 Å². The van der Waals surface area contributed by atoms with Crippen LogP contribution in [0.15, 0.2) is 18.2 Å². The Morgan fingerprint density at radius 1 is 1.39 bits per heavy atom. The molecule has 1 rings (SSSR count). The second kappa shape index (κ2) is 7.03. The Morgan fingerprint density at radius 3 is 2.67 bits per heavy atom. The summed E-state index contributed by atoms with van der Waals surface area (Å²) >= 11 is 1.40. The van der Waals surface area contributed by atoms with E-state index in [0.29, 0.717) is 23.6 Å². The number of thioether (sulfide) groups is 1. The van der Waals surface area contributed by atoms with E-state index < -0.39 is 5.97 Å². The van der Waals surface area contributed by atoms with Crippen LogP contribution in [0.3, 0.4) is 0 Å². The summed E-state index contributed by atoms with van der Waals surface area (Å²) in [6.45, 7) is 0.298. The smallest absolute Gasteiger partial charge is 0.335 e. The summed E-state index contributed by atoms with van der Waals surface area (Å²) in [5.41, 5.74) is 1.31. The first kappa shape index (κ1) is 14.5. The molecule has 0 atom stereocenters. The van der Waals surface area contributed by atoms with Crippen LogP contribution in [0, 0.1) is 0 Å². The topological polar surface area (TPSA) is 75.6 Å². The number of carbonyl (C=O) groups excluding carboxylic acids is 1. The van der Waals surface area contributed by atoms with Gasteiger partial charge >= 0.3 is 5.97 Å². The van der Waals surface area contributed by atoms with Gasteiger partial charge < -0.3 is 15.2 Å². The number of amides is 1. The summed E-state index contributed by atoms with van der Waals surface area (Å²) in [6, 6.07) is 4.66. The second-order valence-corrected chi connectivity index (χ2v) is 4.50. The molecule has 0 spiro atoms. The van der Waals surface area contributed by atoms with E-state index in [2.05, 4.69) is 5.32 Å². The first-order chi connectivity index (χ1) is 8.56. The number of rotatable bonds is 6. The van der Waals surface area contributed by atoms with Crippen molar-refractivity contribution in [1.29, 1.82) is 0 Å². The number of carboxylic acids is 1. The minimum Gasteiger partial charge on any atom is -0.478 e.